The summed E-state index contributed by atoms with van der Waals surface area (Å²) in [6, 6.07) is 0. The van der Waals surface area contributed by atoms with E-state index in [9.17, 15) is 9.00 Å². The second-order valence-electron chi connectivity index (χ2n) is 3.47. The van der Waals surface area contributed by atoms with Crippen LogP contribution in [-0.4, -0.2) is 65.2 Å². The van der Waals surface area contributed by atoms with E-state index in [1.54, 1.807) is 4.90 Å². The van der Waals surface area contributed by atoms with Gasteiger partial charge in [-0.25, -0.2) is 0 Å². The summed E-state index contributed by atoms with van der Waals surface area (Å²) >= 11 is 0. The molecule has 0 bridgehead atoms. The minimum atomic E-state index is -0.698. The molecule has 4 nitrogen and oxygen atoms in total. The fourth-order valence-electron chi connectivity index (χ4n) is 1.26. The predicted octanol–water partition coefficient (Wildman–Crippen LogP) is -0.861. The summed E-state index contributed by atoms with van der Waals surface area (Å²) < 4.78 is 11.0. The van der Waals surface area contributed by atoms with E-state index < -0.39 is 10.8 Å². The lowest BCUT2D eigenvalue weighted by Gasteiger charge is -2.27. The van der Waals surface area contributed by atoms with Crippen molar-refractivity contribution in [1.82, 2.24) is 9.80 Å². The summed E-state index contributed by atoms with van der Waals surface area (Å²) in [6.45, 7) is 1.76. The second kappa shape index (κ2) is 4.72. The summed E-state index contributed by atoms with van der Waals surface area (Å²) in [7, 11) is 3.05. The zero-order valence-corrected chi connectivity index (χ0v) is 8.97. The zero-order chi connectivity index (χ0) is 9.84. The summed E-state index contributed by atoms with van der Waals surface area (Å²) in [6.07, 6.45) is 0. The van der Waals surface area contributed by atoms with Crippen LogP contribution in [0.5, 0.6) is 0 Å². The third-order valence-corrected chi connectivity index (χ3v) is 3.26. The van der Waals surface area contributed by atoms with E-state index in [2.05, 4.69) is 0 Å². The maximum Gasteiger partial charge on any atom is 0.236 e. The van der Waals surface area contributed by atoms with Gasteiger partial charge < -0.3 is 9.80 Å². The maximum atomic E-state index is 11.5. The van der Waals surface area contributed by atoms with Gasteiger partial charge in [-0.05, 0) is 14.1 Å². The number of carbonyl (C=O) groups is 1. The largest absolute Gasteiger partial charge is 0.340 e. The monoisotopic (exact) mass is 204 g/mol. The van der Waals surface area contributed by atoms with Crippen LogP contribution in [0.3, 0.4) is 0 Å². The van der Waals surface area contributed by atoms with E-state index >= 15 is 0 Å². The minimum Gasteiger partial charge on any atom is -0.340 e. The summed E-state index contributed by atoms with van der Waals surface area (Å²) in [5.74, 6) is 1.42. The van der Waals surface area contributed by atoms with Crippen LogP contribution < -0.4 is 0 Å². The van der Waals surface area contributed by atoms with Gasteiger partial charge in [0.1, 0.15) is 0 Å². The molecule has 0 radical (unpaired) electrons. The van der Waals surface area contributed by atoms with Crippen LogP contribution in [0.25, 0.3) is 0 Å². The van der Waals surface area contributed by atoms with Gasteiger partial charge in [-0.1, -0.05) is 0 Å². The Bertz CT molecular complexity index is 208. The molecule has 1 aliphatic rings. The molecule has 0 saturated carbocycles. The van der Waals surface area contributed by atoms with Crippen molar-refractivity contribution in [3.63, 3.8) is 0 Å². The summed E-state index contributed by atoms with van der Waals surface area (Å²) in [5, 5.41) is 0. The number of amides is 1. The smallest absolute Gasteiger partial charge is 0.236 e. The Hall–Kier alpha value is -0.420. The van der Waals surface area contributed by atoms with Crippen LogP contribution in [-0.2, 0) is 15.6 Å². The molecule has 76 valence electrons. The fraction of sp³-hybridized carbons (Fsp3) is 0.875. The first kappa shape index (κ1) is 10.7. The molecule has 13 heavy (non-hydrogen) atoms. The molecule has 1 amide bonds. The van der Waals surface area contributed by atoms with E-state index in [0.29, 0.717) is 31.1 Å². The van der Waals surface area contributed by atoms with Crippen molar-refractivity contribution in [1.29, 1.82) is 0 Å². The van der Waals surface area contributed by atoms with Gasteiger partial charge >= 0.3 is 0 Å². The average molecular weight is 204 g/mol. The molecule has 1 saturated heterocycles. The van der Waals surface area contributed by atoms with E-state index in [1.807, 2.05) is 19.0 Å². The molecule has 1 rings (SSSR count). The number of likely N-dealkylation sites (N-methyl/N-ethyl adjacent to an activating group) is 1. The Morgan fingerprint density at radius 3 is 2.38 bits per heavy atom. The molecule has 1 aliphatic heterocycles. The number of nitrogens with zero attached hydrogens (tertiary/aromatic N) is 2. The molecule has 0 atom stereocenters. The Kier molecular flexibility index (Phi) is 3.87. The molecule has 0 aromatic heterocycles. The molecule has 0 aliphatic carbocycles. The van der Waals surface area contributed by atoms with Crippen LogP contribution in [0.4, 0.5) is 0 Å². The number of hydrogen-bond acceptors (Lipinski definition) is 3. The maximum absolute atomic E-state index is 11.5. The van der Waals surface area contributed by atoms with Crippen molar-refractivity contribution in [2.75, 3.05) is 45.2 Å². The Morgan fingerprint density at radius 2 is 1.92 bits per heavy atom. The fourth-order valence-corrected chi connectivity index (χ4v) is 2.31. The minimum absolute atomic E-state index is 0.140. The number of rotatable bonds is 2. The van der Waals surface area contributed by atoms with Crippen LogP contribution in [0.1, 0.15) is 0 Å². The van der Waals surface area contributed by atoms with Crippen LogP contribution >= 0.6 is 0 Å². The van der Waals surface area contributed by atoms with Crippen LogP contribution in [0, 0.1) is 0 Å². The van der Waals surface area contributed by atoms with Gasteiger partial charge in [-0.3, -0.25) is 9.00 Å². The van der Waals surface area contributed by atoms with Gasteiger partial charge in [0.05, 0.1) is 6.54 Å². The lowest BCUT2D eigenvalue weighted by molar-refractivity contribution is -0.131. The molecule has 5 heteroatoms. The van der Waals surface area contributed by atoms with E-state index in [-0.39, 0.29) is 5.91 Å². The van der Waals surface area contributed by atoms with Crippen LogP contribution in [0.2, 0.25) is 0 Å². The quantitative estimate of drug-likeness (QED) is 0.587. The number of hydrogen-bond donors (Lipinski definition) is 0. The number of carbonyl (C=O) groups excluding carboxylic acids is 1. The topological polar surface area (TPSA) is 40.6 Å². The van der Waals surface area contributed by atoms with Gasteiger partial charge in [-0.15, -0.1) is 0 Å². The van der Waals surface area contributed by atoms with E-state index in [0.717, 1.165) is 0 Å². The molecule has 0 unspecified atom stereocenters. The van der Waals surface area contributed by atoms with Gasteiger partial charge in [0.2, 0.25) is 5.91 Å². The third-order valence-electron chi connectivity index (χ3n) is 1.98. The molecule has 0 N–H and O–H groups in total. The Morgan fingerprint density at radius 1 is 1.38 bits per heavy atom. The van der Waals surface area contributed by atoms with Crippen LogP contribution in [0.15, 0.2) is 0 Å². The zero-order valence-electron chi connectivity index (χ0n) is 8.15. The standard InChI is InChI=1S/C8H16N2O2S/c1-9(2)7-8(11)10-3-5-13(12)6-4-10/h3-7H2,1-2H3. The predicted molar refractivity (Wildman–Crippen MR) is 53.0 cm³/mol. The molecule has 0 aromatic rings. The second-order valence-corrected chi connectivity index (χ2v) is 5.16. The molecule has 0 spiro atoms. The van der Waals surface area contributed by atoms with Crippen molar-refractivity contribution < 1.29 is 9.00 Å². The lowest BCUT2D eigenvalue weighted by Crippen LogP contribution is -2.45. The average Bonchev–Trinajstić information content (AvgIpc) is 2.04. The first-order valence-corrected chi connectivity index (χ1v) is 5.86. The Labute approximate surface area is 81.3 Å². The highest BCUT2D eigenvalue weighted by Crippen LogP contribution is 2.00. The normalized spacial score (nSPS) is 19.5. The van der Waals surface area contributed by atoms with Crippen molar-refractivity contribution in [3.8, 4) is 0 Å². The molecular weight excluding hydrogens is 188 g/mol. The third kappa shape index (κ3) is 3.44. The lowest BCUT2D eigenvalue weighted by atomic mass is 10.4. The highest BCUT2D eigenvalue weighted by Gasteiger charge is 2.19. The highest BCUT2D eigenvalue weighted by atomic mass is 32.2. The van der Waals surface area contributed by atoms with Gasteiger partial charge in [-0.2, -0.15) is 0 Å². The summed E-state index contributed by atoms with van der Waals surface area (Å²) in [5.41, 5.74) is 0. The first-order chi connectivity index (χ1) is 6.09. The molecular formula is C8H16N2O2S. The van der Waals surface area contributed by atoms with Gasteiger partial charge in [0, 0.05) is 35.4 Å². The summed E-state index contributed by atoms with van der Waals surface area (Å²) in [4.78, 5) is 15.1. The SMILES string of the molecule is CN(C)CC(=O)N1CCS(=O)CC1. The van der Waals surface area contributed by atoms with Gasteiger partial charge in [0.15, 0.2) is 0 Å². The van der Waals surface area contributed by atoms with Crippen molar-refractivity contribution >= 4 is 16.7 Å². The molecule has 1 fully saturated rings. The van der Waals surface area contributed by atoms with Crippen molar-refractivity contribution in [2.24, 2.45) is 0 Å². The van der Waals surface area contributed by atoms with Crippen molar-refractivity contribution in [2.45, 2.75) is 0 Å². The van der Waals surface area contributed by atoms with Crippen molar-refractivity contribution in [3.05, 3.63) is 0 Å². The van der Waals surface area contributed by atoms with E-state index in [1.165, 1.54) is 0 Å². The Balaban J connectivity index is 2.35. The van der Waals surface area contributed by atoms with Gasteiger partial charge in [0.25, 0.3) is 0 Å². The first-order valence-electron chi connectivity index (χ1n) is 4.37. The molecule has 0 aromatic carbocycles. The molecule has 1 heterocycles. The highest BCUT2D eigenvalue weighted by molar-refractivity contribution is 7.85. The van der Waals surface area contributed by atoms with E-state index in [4.69, 9.17) is 0 Å².